The molecule has 7 heteroatoms. The van der Waals surface area contributed by atoms with Crippen molar-refractivity contribution in [3.8, 4) is 11.1 Å². The molecular formula is C23H21NO4S2. The number of hydrogen-bond acceptors (Lipinski definition) is 6. The third kappa shape index (κ3) is 4.13. The SMILES string of the molecule is CC(C)(Sc1nc(CC(=O)OCC2c3ccccc3-c3ccccc32)cs1)C(=O)O. The number of thioether (sulfide) groups is 1. The standard InChI is InChI=1S/C23H21NO4S2/c1-23(2,21(26)27)30-22-24-14(13-29-22)11-20(25)28-12-19-17-9-5-3-7-15(17)16-8-4-6-10-18(16)19/h3-10,13,19H,11-12H2,1-2H3,(H,26,27). The minimum absolute atomic E-state index is 0.0271. The Labute approximate surface area is 183 Å². The summed E-state index contributed by atoms with van der Waals surface area (Å²) < 4.78 is 5.27. The molecule has 1 aromatic heterocycles. The number of nitrogens with zero attached hydrogens (tertiary/aromatic N) is 1. The van der Waals surface area contributed by atoms with Gasteiger partial charge in [-0.05, 0) is 36.1 Å². The van der Waals surface area contributed by atoms with Crippen LogP contribution in [0.5, 0.6) is 0 Å². The molecule has 0 saturated heterocycles. The molecule has 0 fully saturated rings. The summed E-state index contributed by atoms with van der Waals surface area (Å²) in [6, 6.07) is 16.4. The van der Waals surface area contributed by atoms with Crippen molar-refractivity contribution in [2.24, 2.45) is 0 Å². The Bertz CT molecular complexity index is 1060. The van der Waals surface area contributed by atoms with E-state index < -0.39 is 10.7 Å². The van der Waals surface area contributed by atoms with Crippen LogP contribution >= 0.6 is 23.1 Å². The molecule has 30 heavy (non-hydrogen) atoms. The zero-order valence-corrected chi connectivity index (χ0v) is 18.3. The first-order chi connectivity index (χ1) is 14.3. The summed E-state index contributed by atoms with van der Waals surface area (Å²) in [7, 11) is 0. The zero-order chi connectivity index (χ0) is 21.3. The van der Waals surface area contributed by atoms with Crippen molar-refractivity contribution in [3.05, 3.63) is 70.7 Å². The topological polar surface area (TPSA) is 76.5 Å². The second-order valence-corrected chi connectivity index (χ2v) is 10.3. The molecule has 0 radical (unpaired) electrons. The van der Waals surface area contributed by atoms with E-state index in [1.807, 2.05) is 24.3 Å². The maximum absolute atomic E-state index is 12.4. The van der Waals surface area contributed by atoms with Crippen LogP contribution in [0.1, 0.15) is 36.6 Å². The van der Waals surface area contributed by atoms with Gasteiger partial charge in [0.25, 0.3) is 0 Å². The van der Waals surface area contributed by atoms with Gasteiger partial charge in [-0.2, -0.15) is 0 Å². The van der Waals surface area contributed by atoms with Gasteiger partial charge in [0.2, 0.25) is 0 Å². The van der Waals surface area contributed by atoms with Gasteiger partial charge in [0.15, 0.2) is 4.34 Å². The van der Waals surface area contributed by atoms with Gasteiger partial charge in [-0.25, -0.2) is 4.98 Å². The lowest BCUT2D eigenvalue weighted by molar-refractivity contribution is -0.143. The van der Waals surface area contributed by atoms with E-state index in [0.29, 0.717) is 10.0 Å². The molecule has 0 spiro atoms. The van der Waals surface area contributed by atoms with Crippen LogP contribution < -0.4 is 0 Å². The van der Waals surface area contributed by atoms with Crippen molar-refractivity contribution in [2.75, 3.05) is 6.61 Å². The van der Waals surface area contributed by atoms with E-state index >= 15 is 0 Å². The fourth-order valence-electron chi connectivity index (χ4n) is 3.49. The van der Waals surface area contributed by atoms with E-state index in [1.54, 1.807) is 19.2 Å². The minimum atomic E-state index is -0.973. The van der Waals surface area contributed by atoms with Crippen LogP contribution in [0, 0.1) is 0 Å². The number of carbonyl (C=O) groups excluding carboxylic acids is 1. The Balaban J connectivity index is 1.40. The van der Waals surface area contributed by atoms with Gasteiger partial charge in [-0.1, -0.05) is 60.3 Å². The van der Waals surface area contributed by atoms with E-state index in [-0.39, 0.29) is 24.9 Å². The van der Waals surface area contributed by atoms with Gasteiger partial charge in [-0.15, -0.1) is 11.3 Å². The average molecular weight is 440 g/mol. The lowest BCUT2D eigenvalue weighted by Crippen LogP contribution is -2.26. The van der Waals surface area contributed by atoms with E-state index in [0.717, 1.165) is 0 Å². The number of rotatable bonds is 7. The first-order valence-corrected chi connectivity index (χ1v) is 11.3. The highest BCUT2D eigenvalue weighted by molar-refractivity contribution is 8.03. The number of esters is 1. The summed E-state index contributed by atoms with van der Waals surface area (Å²) in [6.45, 7) is 3.55. The molecule has 1 N–H and O–H groups in total. The molecule has 3 aromatic rings. The monoisotopic (exact) mass is 439 g/mol. The summed E-state index contributed by atoms with van der Waals surface area (Å²) in [5.74, 6) is -1.21. The summed E-state index contributed by atoms with van der Waals surface area (Å²) in [5.41, 5.74) is 5.33. The van der Waals surface area contributed by atoms with Gasteiger partial charge in [0.1, 0.15) is 11.4 Å². The largest absolute Gasteiger partial charge is 0.480 e. The molecule has 0 atom stereocenters. The predicted molar refractivity (Wildman–Crippen MR) is 118 cm³/mol. The summed E-state index contributed by atoms with van der Waals surface area (Å²) in [4.78, 5) is 28.1. The van der Waals surface area contributed by atoms with Crippen LogP contribution in [0.2, 0.25) is 0 Å². The van der Waals surface area contributed by atoms with Crippen molar-refractivity contribution in [1.82, 2.24) is 4.98 Å². The van der Waals surface area contributed by atoms with Gasteiger partial charge in [0, 0.05) is 11.3 Å². The molecule has 0 aliphatic heterocycles. The summed E-state index contributed by atoms with van der Waals surface area (Å²) >= 11 is 2.52. The second kappa shape index (κ2) is 8.24. The highest BCUT2D eigenvalue weighted by Gasteiger charge is 2.31. The van der Waals surface area contributed by atoms with Crippen LogP contribution in [0.4, 0.5) is 0 Å². The Morgan fingerprint density at radius 1 is 1.10 bits per heavy atom. The molecule has 0 unspecified atom stereocenters. The van der Waals surface area contributed by atoms with Crippen LogP contribution in [0.3, 0.4) is 0 Å². The number of aromatic nitrogens is 1. The van der Waals surface area contributed by atoms with Gasteiger partial charge < -0.3 is 9.84 Å². The highest BCUT2D eigenvalue weighted by atomic mass is 32.2. The summed E-state index contributed by atoms with van der Waals surface area (Å²) in [6.07, 6.45) is 0.0700. The Kier molecular flexibility index (Phi) is 5.66. The normalized spacial score (nSPS) is 13.0. The molecular weight excluding hydrogens is 418 g/mol. The van der Waals surface area contributed by atoms with Crippen LogP contribution in [-0.2, 0) is 20.7 Å². The smallest absolute Gasteiger partial charge is 0.319 e. The molecule has 154 valence electrons. The third-order valence-electron chi connectivity index (χ3n) is 5.09. The van der Waals surface area contributed by atoms with Crippen molar-refractivity contribution in [2.45, 2.75) is 35.3 Å². The lowest BCUT2D eigenvalue weighted by Gasteiger charge is -2.15. The number of carboxylic acid groups (broad SMARTS) is 1. The maximum Gasteiger partial charge on any atom is 0.319 e. The van der Waals surface area contributed by atoms with Crippen LogP contribution in [-0.4, -0.2) is 33.4 Å². The first kappa shape index (κ1) is 20.6. The lowest BCUT2D eigenvalue weighted by atomic mass is 9.98. The molecule has 0 bridgehead atoms. The van der Waals surface area contributed by atoms with E-state index in [4.69, 9.17) is 4.74 Å². The van der Waals surface area contributed by atoms with Crippen LogP contribution in [0.25, 0.3) is 11.1 Å². The van der Waals surface area contributed by atoms with Crippen molar-refractivity contribution < 1.29 is 19.4 Å². The highest BCUT2D eigenvalue weighted by Crippen LogP contribution is 2.44. The number of ether oxygens (including phenoxy) is 1. The molecule has 1 aliphatic rings. The number of aliphatic carboxylic acids is 1. The second-order valence-electron chi connectivity index (χ2n) is 7.61. The Morgan fingerprint density at radius 3 is 2.30 bits per heavy atom. The molecule has 0 amide bonds. The molecule has 1 heterocycles. The maximum atomic E-state index is 12.4. The fourth-order valence-corrected chi connectivity index (χ4v) is 5.68. The number of hydrogen-bond donors (Lipinski definition) is 1. The van der Waals surface area contributed by atoms with E-state index in [9.17, 15) is 14.7 Å². The first-order valence-electron chi connectivity index (χ1n) is 9.56. The predicted octanol–water partition coefficient (Wildman–Crippen LogP) is 5.00. The van der Waals surface area contributed by atoms with Gasteiger partial charge in [-0.3, -0.25) is 9.59 Å². The molecule has 0 saturated carbocycles. The third-order valence-corrected chi connectivity index (χ3v) is 7.26. The van der Waals surface area contributed by atoms with Crippen molar-refractivity contribution in [1.29, 1.82) is 0 Å². The number of carboxylic acids is 1. The van der Waals surface area contributed by atoms with E-state index in [1.165, 1.54) is 45.4 Å². The van der Waals surface area contributed by atoms with Gasteiger partial charge >= 0.3 is 11.9 Å². The van der Waals surface area contributed by atoms with Crippen LogP contribution in [0.15, 0.2) is 58.3 Å². The number of benzene rings is 2. The molecule has 5 nitrogen and oxygen atoms in total. The van der Waals surface area contributed by atoms with E-state index in [2.05, 4.69) is 29.2 Å². The summed E-state index contributed by atoms with van der Waals surface area (Å²) in [5, 5.41) is 11.0. The molecule has 2 aromatic carbocycles. The average Bonchev–Trinajstić information content (AvgIpc) is 3.28. The molecule has 1 aliphatic carbocycles. The van der Waals surface area contributed by atoms with Crippen molar-refractivity contribution >= 4 is 35.0 Å². The van der Waals surface area contributed by atoms with Gasteiger partial charge in [0.05, 0.1) is 12.1 Å². The Morgan fingerprint density at radius 2 is 1.70 bits per heavy atom. The zero-order valence-electron chi connectivity index (χ0n) is 16.6. The number of fused-ring (bicyclic) bond motifs is 3. The Hall–Kier alpha value is -2.64. The quantitative estimate of drug-likeness (QED) is 0.413. The molecule has 4 rings (SSSR count). The van der Waals surface area contributed by atoms with Crippen molar-refractivity contribution in [3.63, 3.8) is 0 Å². The minimum Gasteiger partial charge on any atom is -0.480 e. The number of carbonyl (C=O) groups is 2. The fraction of sp³-hybridized carbons (Fsp3) is 0.261. The number of thiazole rings is 1.